The zero-order valence-corrected chi connectivity index (χ0v) is 12.0. The van der Waals surface area contributed by atoms with E-state index in [2.05, 4.69) is 0 Å². The summed E-state index contributed by atoms with van der Waals surface area (Å²) in [7, 11) is 0. The molecule has 0 spiro atoms. The van der Waals surface area contributed by atoms with Gasteiger partial charge in [0.05, 0.1) is 13.2 Å². The highest BCUT2D eigenvalue weighted by molar-refractivity contribution is 5.20. The summed E-state index contributed by atoms with van der Waals surface area (Å²) < 4.78 is 5.65. The molecule has 2 nitrogen and oxygen atoms in total. The lowest BCUT2D eigenvalue weighted by Crippen LogP contribution is -1.96. The van der Waals surface area contributed by atoms with E-state index < -0.39 is 0 Å². The zero-order valence-electron chi connectivity index (χ0n) is 12.0. The van der Waals surface area contributed by atoms with E-state index in [9.17, 15) is 5.11 Å². The molecule has 0 fully saturated rings. The van der Waals surface area contributed by atoms with E-state index in [4.69, 9.17) is 4.74 Å². The summed E-state index contributed by atoms with van der Waals surface area (Å²) in [4.78, 5) is 0. The van der Waals surface area contributed by atoms with Crippen LogP contribution >= 0.6 is 0 Å². The third-order valence-electron chi connectivity index (χ3n) is 3.30. The van der Waals surface area contributed by atoms with E-state index >= 15 is 0 Å². The Hall–Kier alpha value is -1.02. The predicted molar refractivity (Wildman–Crippen MR) is 79.0 cm³/mol. The molecule has 0 N–H and O–H groups in total. The first-order valence-electron chi connectivity index (χ1n) is 7.69. The summed E-state index contributed by atoms with van der Waals surface area (Å²) in [6.07, 6.45) is 10.9. The molecule has 0 atom stereocenters. The van der Waals surface area contributed by atoms with Gasteiger partial charge in [-0.3, -0.25) is 0 Å². The summed E-state index contributed by atoms with van der Waals surface area (Å²) in [5.74, 6) is 0.973. The Balaban J connectivity index is 1.79. The SMILES string of the molecule is [O]CCCCCCCCCCCOc1ccccc1. The lowest BCUT2D eigenvalue weighted by Gasteiger charge is -2.05. The smallest absolute Gasteiger partial charge is 0.119 e. The van der Waals surface area contributed by atoms with Crippen molar-refractivity contribution in [2.45, 2.75) is 57.8 Å². The Morgan fingerprint density at radius 1 is 0.684 bits per heavy atom. The first-order chi connectivity index (χ1) is 9.43. The van der Waals surface area contributed by atoms with Crippen LogP contribution in [0.2, 0.25) is 0 Å². The van der Waals surface area contributed by atoms with Crippen molar-refractivity contribution in [3.63, 3.8) is 0 Å². The van der Waals surface area contributed by atoms with E-state index in [1.165, 1.54) is 38.5 Å². The average molecular weight is 263 g/mol. The Bertz CT molecular complexity index is 285. The minimum absolute atomic E-state index is 0.0986. The molecule has 0 aromatic heterocycles. The molecule has 0 aliphatic heterocycles. The lowest BCUT2D eigenvalue weighted by molar-refractivity contribution is 0.186. The predicted octanol–water partition coefficient (Wildman–Crippen LogP) is 5.01. The monoisotopic (exact) mass is 263 g/mol. The van der Waals surface area contributed by atoms with Crippen molar-refractivity contribution in [1.82, 2.24) is 0 Å². The van der Waals surface area contributed by atoms with Crippen molar-refractivity contribution < 1.29 is 9.84 Å². The first-order valence-corrected chi connectivity index (χ1v) is 7.69. The van der Waals surface area contributed by atoms with Gasteiger partial charge in [-0.25, -0.2) is 5.11 Å². The average Bonchev–Trinajstić information content (AvgIpc) is 2.46. The van der Waals surface area contributed by atoms with Gasteiger partial charge in [-0.15, -0.1) is 0 Å². The minimum atomic E-state index is 0.0986. The maximum atomic E-state index is 10.3. The van der Waals surface area contributed by atoms with Gasteiger partial charge in [-0.05, 0) is 25.0 Å². The fourth-order valence-electron chi connectivity index (χ4n) is 2.15. The van der Waals surface area contributed by atoms with Crippen molar-refractivity contribution >= 4 is 0 Å². The maximum Gasteiger partial charge on any atom is 0.119 e. The topological polar surface area (TPSA) is 29.1 Å². The van der Waals surface area contributed by atoms with Crippen LogP contribution in [0.25, 0.3) is 0 Å². The quantitative estimate of drug-likeness (QED) is 0.487. The first kappa shape index (κ1) is 16.0. The molecule has 0 aliphatic carbocycles. The molecule has 19 heavy (non-hydrogen) atoms. The third-order valence-corrected chi connectivity index (χ3v) is 3.30. The fraction of sp³-hybridized carbons (Fsp3) is 0.647. The lowest BCUT2D eigenvalue weighted by atomic mass is 10.1. The molecule has 0 saturated heterocycles. The highest BCUT2D eigenvalue weighted by Gasteiger charge is 1.94. The highest BCUT2D eigenvalue weighted by Crippen LogP contribution is 2.11. The molecule has 0 heterocycles. The summed E-state index contributed by atoms with van der Waals surface area (Å²) in [6, 6.07) is 10.0. The Morgan fingerprint density at radius 2 is 1.21 bits per heavy atom. The summed E-state index contributed by atoms with van der Waals surface area (Å²) >= 11 is 0. The fourth-order valence-corrected chi connectivity index (χ4v) is 2.15. The highest BCUT2D eigenvalue weighted by atomic mass is 16.5. The van der Waals surface area contributed by atoms with Gasteiger partial charge in [-0.2, -0.15) is 0 Å². The number of benzene rings is 1. The Morgan fingerprint density at radius 3 is 1.79 bits per heavy atom. The molecule has 0 unspecified atom stereocenters. The van der Waals surface area contributed by atoms with Crippen LogP contribution in [0, 0.1) is 0 Å². The molecule has 0 saturated carbocycles. The molecule has 1 aromatic rings. The molecular weight excluding hydrogens is 236 g/mol. The van der Waals surface area contributed by atoms with Crippen LogP contribution < -0.4 is 4.74 Å². The van der Waals surface area contributed by atoms with E-state index in [0.29, 0.717) is 0 Å². The standard InChI is InChI=1S/C17H27O2/c18-15-11-6-4-2-1-3-5-7-12-16-19-17-13-9-8-10-14-17/h8-10,13-14H,1-7,11-12,15-16H2. The summed E-state index contributed by atoms with van der Waals surface area (Å²) in [6.45, 7) is 0.926. The number of ether oxygens (including phenoxy) is 1. The van der Waals surface area contributed by atoms with Crippen LogP contribution in [0.15, 0.2) is 30.3 Å². The van der Waals surface area contributed by atoms with Crippen LogP contribution in [0.4, 0.5) is 0 Å². The largest absolute Gasteiger partial charge is 0.494 e. The van der Waals surface area contributed by atoms with E-state index in [1.807, 2.05) is 30.3 Å². The van der Waals surface area contributed by atoms with E-state index in [-0.39, 0.29) is 6.61 Å². The molecular formula is C17H27O2. The molecule has 1 rings (SSSR count). The molecule has 0 aliphatic rings. The van der Waals surface area contributed by atoms with Crippen LogP contribution in [-0.4, -0.2) is 13.2 Å². The zero-order chi connectivity index (χ0) is 13.6. The van der Waals surface area contributed by atoms with E-state index in [0.717, 1.165) is 31.6 Å². The second-order valence-corrected chi connectivity index (χ2v) is 5.05. The van der Waals surface area contributed by atoms with Gasteiger partial charge in [0.25, 0.3) is 0 Å². The van der Waals surface area contributed by atoms with Crippen molar-refractivity contribution in [2.24, 2.45) is 0 Å². The van der Waals surface area contributed by atoms with Gasteiger partial charge in [0.1, 0.15) is 5.75 Å². The third kappa shape index (κ3) is 9.54. The molecule has 2 heteroatoms. The van der Waals surface area contributed by atoms with Crippen molar-refractivity contribution in [2.75, 3.05) is 13.2 Å². The van der Waals surface area contributed by atoms with Gasteiger partial charge in [-0.1, -0.05) is 63.1 Å². The van der Waals surface area contributed by atoms with Gasteiger partial charge in [0.15, 0.2) is 0 Å². The number of rotatable bonds is 12. The Kier molecular flexibility index (Phi) is 10.2. The van der Waals surface area contributed by atoms with Gasteiger partial charge >= 0.3 is 0 Å². The second-order valence-electron chi connectivity index (χ2n) is 5.05. The van der Waals surface area contributed by atoms with E-state index in [1.54, 1.807) is 0 Å². The van der Waals surface area contributed by atoms with Crippen molar-refractivity contribution in [3.05, 3.63) is 30.3 Å². The minimum Gasteiger partial charge on any atom is -0.494 e. The van der Waals surface area contributed by atoms with Gasteiger partial charge in [0.2, 0.25) is 0 Å². The van der Waals surface area contributed by atoms with Crippen molar-refractivity contribution in [3.8, 4) is 5.75 Å². The number of unbranched alkanes of at least 4 members (excludes halogenated alkanes) is 8. The van der Waals surface area contributed by atoms with Crippen molar-refractivity contribution in [1.29, 1.82) is 0 Å². The second kappa shape index (κ2) is 12.0. The normalized spacial score (nSPS) is 10.6. The van der Waals surface area contributed by atoms with Crippen LogP contribution in [0.5, 0.6) is 5.75 Å². The molecule has 1 radical (unpaired) electrons. The molecule has 0 amide bonds. The Labute approximate surface area is 117 Å². The maximum absolute atomic E-state index is 10.3. The molecule has 107 valence electrons. The number of hydrogen-bond donors (Lipinski definition) is 0. The summed E-state index contributed by atoms with van der Waals surface area (Å²) in [5, 5.41) is 10.3. The summed E-state index contributed by atoms with van der Waals surface area (Å²) in [5.41, 5.74) is 0. The number of hydrogen-bond acceptors (Lipinski definition) is 1. The molecule has 1 aromatic carbocycles. The van der Waals surface area contributed by atoms with Crippen LogP contribution in [-0.2, 0) is 5.11 Å². The number of para-hydroxylation sites is 1. The van der Waals surface area contributed by atoms with Crippen LogP contribution in [0.3, 0.4) is 0 Å². The van der Waals surface area contributed by atoms with Crippen LogP contribution in [0.1, 0.15) is 57.8 Å². The van der Waals surface area contributed by atoms with Gasteiger partial charge < -0.3 is 4.74 Å². The molecule has 0 bridgehead atoms. The van der Waals surface area contributed by atoms with Gasteiger partial charge in [0, 0.05) is 0 Å².